The van der Waals surface area contributed by atoms with E-state index in [1.807, 2.05) is 23.9 Å². The number of benzene rings is 1. The molecule has 1 amide bonds. The monoisotopic (exact) mass is 293 g/mol. The first kappa shape index (κ1) is 14.7. The predicted octanol–water partition coefficient (Wildman–Crippen LogP) is 1.39. The molecule has 1 aliphatic heterocycles. The topological polar surface area (TPSA) is 62.7 Å². The molecule has 0 aromatic heterocycles. The lowest BCUT2D eigenvalue weighted by Gasteiger charge is -2.22. The number of amides is 1. The smallest absolute Gasteiger partial charge is 0.223 e. The van der Waals surface area contributed by atoms with Gasteiger partial charge in [-0.15, -0.1) is 11.8 Å². The van der Waals surface area contributed by atoms with E-state index in [4.69, 9.17) is 4.74 Å². The quantitative estimate of drug-likeness (QED) is 0.880. The Hall–Kier alpha value is -1.69. The van der Waals surface area contributed by atoms with Gasteiger partial charge in [-0.25, -0.2) is 0 Å². The van der Waals surface area contributed by atoms with Gasteiger partial charge in [-0.2, -0.15) is 0 Å². The van der Waals surface area contributed by atoms with Gasteiger partial charge in [-0.3, -0.25) is 15.1 Å². The Morgan fingerprint density at radius 1 is 1.50 bits per heavy atom. The predicted molar refractivity (Wildman–Crippen MR) is 82.2 cm³/mol. The van der Waals surface area contributed by atoms with E-state index >= 15 is 0 Å². The Kier molecular flexibility index (Phi) is 5.29. The maximum Gasteiger partial charge on any atom is 0.223 e. The van der Waals surface area contributed by atoms with E-state index in [9.17, 15) is 4.79 Å². The van der Waals surface area contributed by atoms with Crippen molar-refractivity contribution in [3.8, 4) is 5.75 Å². The molecule has 0 bridgehead atoms. The highest BCUT2D eigenvalue weighted by atomic mass is 32.2. The third-order valence-electron chi connectivity index (χ3n) is 2.89. The fourth-order valence-electron chi connectivity index (χ4n) is 1.82. The maximum absolute atomic E-state index is 10.9. The number of hydrogen-bond acceptors (Lipinski definition) is 5. The Morgan fingerprint density at radius 3 is 2.80 bits per heavy atom. The summed E-state index contributed by atoms with van der Waals surface area (Å²) in [4.78, 5) is 15.2. The molecule has 1 aromatic carbocycles. The molecule has 1 unspecified atom stereocenters. The fourth-order valence-corrected chi connectivity index (χ4v) is 2.82. The summed E-state index contributed by atoms with van der Waals surface area (Å²) in [6, 6.07) is 8.10. The maximum atomic E-state index is 10.9. The van der Waals surface area contributed by atoms with E-state index in [2.05, 4.69) is 27.8 Å². The van der Waals surface area contributed by atoms with Crippen LogP contribution in [-0.2, 0) is 10.5 Å². The van der Waals surface area contributed by atoms with E-state index in [-0.39, 0.29) is 5.91 Å². The minimum Gasteiger partial charge on any atom is -0.497 e. The van der Waals surface area contributed by atoms with Crippen LogP contribution in [0.2, 0.25) is 0 Å². The van der Waals surface area contributed by atoms with Gasteiger partial charge in [0.05, 0.1) is 13.7 Å². The average Bonchev–Trinajstić information content (AvgIpc) is 2.46. The largest absolute Gasteiger partial charge is 0.497 e. The molecule has 0 saturated heterocycles. The molecule has 0 aliphatic carbocycles. The molecule has 1 atom stereocenters. The highest BCUT2D eigenvalue weighted by molar-refractivity contribution is 7.99. The standard InChI is InChI=1S/C14H19N3O2S/c1-10(18)17-14-15-7-13(8-16-14)20-9-11-3-5-12(19-2)6-4-11/h3-6,13H,7-9H2,1-2H3,(H2,15,16,17,18). The summed E-state index contributed by atoms with van der Waals surface area (Å²) in [6.07, 6.45) is 0. The summed E-state index contributed by atoms with van der Waals surface area (Å²) in [6.45, 7) is 3.03. The molecule has 1 heterocycles. The molecule has 0 saturated carbocycles. The van der Waals surface area contributed by atoms with E-state index in [0.717, 1.165) is 24.6 Å². The number of nitrogens with one attached hydrogen (secondary N) is 2. The van der Waals surface area contributed by atoms with Crippen molar-refractivity contribution in [1.82, 2.24) is 10.6 Å². The summed E-state index contributed by atoms with van der Waals surface area (Å²) in [7, 11) is 1.67. The number of hydrogen-bond donors (Lipinski definition) is 2. The lowest BCUT2D eigenvalue weighted by molar-refractivity contribution is -0.117. The van der Waals surface area contributed by atoms with Gasteiger partial charge in [0.1, 0.15) is 5.75 Å². The SMILES string of the molecule is COc1ccc(CSC2CN=C(NC(C)=O)NC2)cc1. The third-order valence-corrected chi connectivity index (χ3v) is 4.18. The Labute approximate surface area is 123 Å². The van der Waals surface area contributed by atoms with Gasteiger partial charge >= 0.3 is 0 Å². The molecule has 20 heavy (non-hydrogen) atoms. The van der Waals surface area contributed by atoms with Crippen LogP contribution < -0.4 is 15.4 Å². The van der Waals surface area contributed by atoms with Crippen molar-refractivity contribution in [2.75, 3.05) is 20.2 Å². The van der Waals surface area contributed by atoms with Crippen LogP contribution >= 0.6 is 11.8 Å². The lowest BCUT2D eigenvalue weighted by Crippen LogP contribution is -2.46. The van der Waals surface area contributed by atoms with Gasteiger partial charge in [0.15, 0.2) is 5.96 Å². The van der Waals surface area contributed by atoms with Crippen LogP contribution in [0.4, 0.5) is 0 Å². The molecule has 0 spiro atoms. The Morgan fingerprint density at radius 2 is 2.25 bits per heavy atom. The number of carbonyl (C=O) groups is 1. The molecular weight excluding hydrogens is 274 g/mol. The van der Waals surface area contributed by atoms with Crippen LogP contribution in [0.5, 0.6) is 5.75 Å². The second-order valence-electron chi connectivity index (χ2n) is 4.53. The summed E-state index contributed by atoms with van der Waals surface area (Å²) < 4.78 is 5.14. The second kappa shape index (κ2) is 7.19. The van der Waals surface area contributed by atoms with Gasteiger partial charge in [-0.1, -0.05) is 12.1 Å². The number of methoxy groups -OCH3 is 1. The summed E-state index contributed by atoms with van der Waals surface area (Å²) >= 11 is 1.86. The van der Waals surface area contributed by atoms with Crippen LogP contribution in [-0.4, -0.2) is 37.3 Å². The number of aliphatic imine (C=N–C) groups is 1. The van der Waals surface area contributed by atoms with Crippen LogP contribution in [0.15, 0.2) is 29.3 Å². The van der Waals surface area contributed by atoms with Crippen molar-refractivity contribution >= 4 is 23.6 Å². The number of rotatable bonds is 4. The lowest BCUT2D eigenvalue weighted by atomic mass is 10.2. The minimum atomic E-state index is -0.0967. The highest BCUT2D eigenvalue weighted by Gasteiger charge is 2.15. The first-order valence-corrected chi connectivity index (χ1v) is 7.52. The van der Waals surface area contributed by atoms with E-state index in [1.54, 1.807) is 7.11 Å². The van der Waals surface area contributed by atoms with Gasteiger partial charge in [0, 0.05) is 24.5 Å². The molecule has 2 rings (SSSR count). The number of guanidine groups is 1. The van der Waals surface area contributed by atoms with Gasteiger partial charge in [-0.05, 0) is 17.7 Å². The third kappa shape index (κ3) is 4.45. The Bertz CT molecular complexity index is 488. The normalized spacial score (nSPS) is 17.9. The van der Waals surface area contributed by atoms with Crippen molar-refractivity contribution in [2.45, 2.75) is 17.9 Å². The van der Waals surface area contributed by atoms with E-state index in [1.165, 1.54) is 12.5 Å². The van der Waals surface area contributed by atoms with Crippen LogP contribution in [0.1, 0.15) is 12.5 Å². The molecule has 0 radical (unpaired) electrons. The number of ether oxygens (including phenoxy) is 1. The van der Waals surface area contributed by atoms with Crippen molar-refractivity contribution < 1.29 is 9.53 Å². The highest BCUT2D eigenvalue weighted by Crippen LogP contribution is 2.21. The fraction of sp³-hybridized carbons (Fsp3) is 0.429. The molecule has 108 valence electrons. The van der Waals surface area contributed by atoms with E-state index in [0.29, 0.717) is 11.2 Å². The molecule has 6 heteroatoms. The summed E-state index contributed by atoms with van der Waals surface area (Å²) in [5, 5.41) is 6.22. The van der Waals surface area contributed by atoms with Crippen LogP contribution in [0.3, 0.4) is 0 Å². The molecule has 1 aromatic rings. The van der Waals surface area contributed by atoms with Gasteiger partial charge in [0.2, 0.25) is 5.91 Å². The van der Waals surface area contributed by atoms with Crippen molar-refractivity contribution in [3.63, 3.8) is 0 Å². The summed E-state index contributed by atoms with van der Waals surface area (Å²) in [5.74, 6) is 2.31. The van der Waals surface area contributed by atoms with Crippen LogP contribution in [0.25, 0.3) is 0 Å². The van der Waals surface area contributed by atoms with Gasteiger partial charge in [0.25, 0.3) is 0 Å². The first-order chi connectivity index (χ1) is 9.67. The molecule has 1 aliphatic rings. The average molecular weight is 293 g/mol. The van der Waals surface area contributed by atoms with Crippen molar-refractivity contribution in [2.24, 2.45) is 4.99 Å². The zero-order valence-electron chi connectivity index (χ0n) is 11.7. The molecule has 5 nitrogen and oxygen atoms in total. The number of nitrogens with zero attached hydrogens (tertiary/aromatic N) is 1. The summed E-state index contributed by atoms with van der Waals surface area (Å²) in [5.41, 5.74) is 1.27. The first-order valence-electron chi connectivity index (χ1n) is 6.48. The van der Waals surface area contributed by atoms with E-state index < -0.39 is 0 Å². The van der Waals surface area contributed by atoms with Crippen LogP contribution in [0, 0.1) is 0 Å². The van der Waals surface area contributed by atoms with Gasteiger partial charge < -0.3 is 10.1 Å². The molecule has 0 fully saturated rings. The molecular formula is C14H19N3O2S. The second-order valence-corrected chi connectivity index (χ2v) is 5.82. The molecule has 2 N–H and O–H groups in total. The van der Waals surface area contributed by atoms with Crippen molar-refractivity contribution in [3.05, 3.63) is 29.8 Å². The zero-order chi connectivity index (χ0) is 14.4. The number of thioether (sulfide) groups is 1. The zero-order valence-corrected chi connectivity index (χ0v) is 12.5. The van der Waals surface area contributed by atoms with Crippen molar-refractivity contribution in [1.29, 1.82) is 0 Å². The number of carbonyl (C=O) groups excluding carboxylic acids is 1. The Balaban J connectivity index is 1.78. The minimum absolute atomic E-state index is 0.0967.